The van der Waals surface area contributed by atoms with Crippen molar-refractivity contribution in [2.45, 2.75) is 0 Å². The molecule has 0 saturated carbocycles. The number of carboxylic acids is 1. The number of carboxylic acid groups (broad SMARTS) is 1. The van der Waals surface area contributed by atoms with E-state index in [9.17, 15) is 14.0 Å². The molecule has 0 saturated heterocycles. The Morgan fingerprint density at radius 1 is 1.05 bits per heavy atom. The maximum Gasteiger partial charge on any atom is 0.337 e. The number of halogens is 1. The normalized spacial score (nSPS) is 10.5. The van der Waals surface area contributed by atoms with Crippen LogP contribution in [0.15, 0.2) is 54.6 Å². The summed E-state index contributed by atoms with van der Waals surface area (Å²) in [6.07, 6.45) is 2.48. The van der Waals surface area contributed by atoms with Crippen LogP contribution in [0.5, 0.6) is 0 Å². The fraction of sp³-hybridized carbons (Fsp3) is 0. The molecule has 0 aliphatic heterocycles. The lowest BCUT2D eigenvalue weighted by Gasteiger charge is -2.05. The second-order valence-corrected chi connectivity index (χ2v) is 4.19. The third-order valence-corrected chi connectivity index (χ3v) is 2.73. The number of rotatable bonds is 4. The number of amides is 1. The summed E-state index contributed by atoms with van der Waals surface area (Å²) >= 11 is 0. The lowest BCUT2D eigenvalue weighted by Crippen LogP contribution is -2.11. The Bertz CT molecular complexity index is 710. The fourth-order valence-corrected chi connectivity index (χ4v) is 1.73. The standard InChI is InChI=1S/C16H12FNO3/c17-13-7-3-1-5-11(13)9-10-15(19)18-14-8-4-2-6-12(14)16(20)21/h1-10H,(H,18,19)(H,20,21). The van der Waals surface area contributed by atoms with Gasteiger partial charge in [-0.15, -0.1) is 0 Å². The first-order valence-corrected chi connectivity index (χ1v) is 6.14. The summed E-state index contributed by atoms with van der Waals surface area (Å²) in [5, 5.41) is 11.5. The molecule has 5 heteroatoms. The molecule has 2 aromatic rings. The van der Waals surface area contributed by atoms with Crippen molar-refractivity contribution in [3.8, 4) is 0 Å². The molecule has 2 rings (SSSR count). The molecule has 0 atom stereocenters. The zero-order valence-electron chi connectivity index (χ0n) is 10.9. The molecule has 0 spiro atoms. The zero-order chi connectivity index (χ0) is 15.2. The predicted molar refractivity (Wildman–Crippen MR) is 77.5 cm³/mol. The van der Waals surface area contributed by atoms with Crippen molar-refractivity contribution in [3.05, 3.63) is 71.6 Å². The average Bonchev–Trinajstić information content (AvgIpc) is 2.47. The van der Waals surface area contributed by atoms with Gasteiger partial charge in [-0.25, -0.2) is 9.18 Å². The Kier molecular flexibility index (Phi) is 4.46. The Morgan fingerprint density at radius 3 is 2.43 bits per heavy atom. The highest BCUT2D eigenvalue weighted by atomic mass is 19.1. The van der Waals surface area contributed by atoms with Gasteiger partial charge in [-0.3, -0.25) is 4.79 Å². The van der Waals surface area contributed by atoms with Crippen LogP contribution in [0.1, 0.15) is 15.9 Å². The van der Waals surface area contributed by atoms with E-state index in [0.717, 1.165) is 6.08 Å². The Labute approximate surface area is 120 Å². The summed E-state index contributed by atoms with van der Waals surface area (Å²) in [4.78, 5) is 22.8. The zero-order valence-corrected chi connectivity index (χ0v) is 10.9. The van der Waals surface area contributed by atoms with Gasteiger partial charge in [-0.05, 0) is 24.3 Å². The number of benzene rings is 2. The highest BCUT2D eigenvalue weighted by molar-refractivity contribution is 6.06. The molecule has 0 unspecified atom stereocenters. The molecular formula is C16H12FNO3. The number of aromatic carboxylic acids is 1. The quantitative estimate of drug-likeness (QED) is 0.848. The van der Waals surface area contributed by atoms with Gasteiger partial charge in [0, 0.05) is 11.6 Å². The minimum absolute atomic E-state index is 0.00913. The summed E-state index contributed by atoms with van der Waals surface area (Å²) in [6, 6.07) is 12.1. The van der Waals surface area contributed by atoms with Gasteiger partial charge in [0.25, 0.3) is 0 Å². The van der Waals surface area contributed by atoms with Crippen LogP contribution in [-0.4, -0.2) is 17.0 Å². The van der Waals surface area contributed by atoms with Gasteiger partial charge in [-0.1, -0.05) is 30.3 Å². The van der Waals surface area contributed by atoms with Crippen molar-refractivity contribution in [1.29, 1.82) is 0 Å². The van der Waals surface area contributed by atoms with Crippen LogP contribution in [0.2, 0.25) is 0 Å². The van der Waals surface area contributed by atoms with Crippen LogP contribution < -0.4 is 5.32 Å². The summed E-state index contributed by atoms with van der Waals surface area (Å²) in [7, 11) is 0. The van der Waals surface area contributed by atoms with E-state index in [1.165, 1.54) is 30.3 Å². The van der Waals surface area contributed by atoms with Crippen molar-refractivity contribution < 1.29 is 19.1 Å². The first kappa shape index (κ1) is 14.5. The summed E-state index contributed by atoms with van der Waals surface area (Å²) < 4.78 is 13.4. The molecule has 2 N–H and O–H groups in total. The van der Waals surface area contributed by atoms with E-state index < -0.39 is 17.7 Å². The largest absolute Gasteiger partial charge is 0.478 e. The predicted octanol–water partition coefficient (Wildman–Crippen LogP) is 3.18. The third kappa shape index (κ3) is 3.76. The number of carbonyl (C=O) groups is 2. The molecule has 0 heterocycles. The molecule has 0 aromatic heterocycles. The minimum Gasteiger partial charge on any atom is -0.478 e. The molecule has 0 bridgehead atoms. The summed E-state index contributed by atoms with van der Waals surface area (Å²) in [5.74, 6) is -2.11. The molecule has 106 valence electrons. The van der Waals surface area contributed by atoms with E-state index in [0.29, 0.717) is 0 Å². The molecule has 0 aliphatic carbocycles. The smallest absolute Gasteiger partial charge is 0.337 e. The number of anilines is 1. The number of hydrogen-bond donors (Lipinski definition) is 2. The molecular weight excluding hydrogens is 273 g/mol. The Hall–Kier alpha value is -2.95. The average molecular weight is 285 g/mol. The van der Waals surface area contributed by atoms with Crippen molar-refractivity contribution in [2.75, 3.05) is 5.32 Å². The van der Waals surface area contributed by atoms with Gasteiger partial charge in [0.2, 0.25) is 5.91 Å². The molecule has 2 aromatic carbocycles. The van der Waals surface area contributed by atoms with E-state index >= 15 is 0 Å². The molecule has 4 nitrogen and oxygen atoms in total. The second-order valence-electron chi connectivity index (χ2n) is 4.19. The minimum atomic E-state index is -1.14. The van der Waals surface area contributed by atoms with Crippen LogP contribution in [0.3, 0.4) is 0 Å². The van der Waals surface area contributed by atoms with Crippen LogP contribution in [0.4, 0.5) is 10.1 Å². The number of para-hydroxylation sites is 1. The van der Waals surface area contributed by atoms with Gasteiger partial charge < -0.3 is 10.4 Å². The van der Waals surface area contributed by atoms with E-state index in [-0.39, 0.29) is 16.8 Å². The lowest BCUT2D eigenvalue weighted by atomic mass is 10.1. The lowest BCUT2D eigenvalue weighted by molar-refractivity contribution is -0.111. The van der Waals surface area contributed by atoms with Gasteiger partial charge in [-0.2, -0.15) is 0 Å². The Morgan fingerprint density at radius 2 is 1.71 bits per heavy atom. The maximum absolute atomic E-state index is 13.4. The fourth-order valence-electron chi connectivity index (χ4n) is 1.73. The van der Waals surface area contributed by atoms with E-state index in [1.807, 2.05) is 0 Å². The molecule has 0 aliphatic rings. The monoisotopic (exact) mass is 285 g/mol. The van der Waals surface area contributed by atoms with Gasteiger partial charge >= 0.3 is 5.97 Å². The summed E-state index contributed by atoms with van der Waals surface area (Å²) in [5.41, 5.74) is 0.456. The second kappa shape index (κ2) is 6.47. The van der Waals surface area contributed by atoms with Crippen molar-refractivity contribution in [3.63, 3.8) is 0 Å². The van der Waals surface area contributed by atoms with Crippen LogP contribution in [0.25, 0.3) is 6.08 Å². The van der Waals surface area contributed by atoms with E-state index in [2.05, 4.69) is 5.32 Å². The maximum atomic E-state index is 13.4. The van der Waals surface area contributed by atoms with Gasteiger partial charge in [0.1, 0.15) is 5.82 Å². The number of hydrogen-bond acceptors (Lipinski definition) is 2. The first-order valence-electron chi connectivity index (χ1n) is 6.14. The first-order chi connectivity index (χ1) is 10.1. The SMILES string of the molecule is O=C(C=Cc1ccccc1F)Nc1ccccc1C(=O)O. The van der Waals surface area contributed by atoms with Crippen LogP contribution in [0, 0.1) is 5.82 Å². The molecule has 1 amide bonds. The van der Waals surface area contributed by atoms with Crippen LogP contribution >= 0.6 is 0 Å². The van der Waals surface area contributed by atoms with Gasteiger partial charge in [0.15, 0.2) is 0 Å². The highest BCUT2D eigenvalue weighted by Gasteiger charge is 2.10. The number of carbonyl (C=O) groups excluding carboxylic acids is 1. The molecule has 0 fully saturated rings. The molecule has 0 radical (unpaired) electrons. The van der Waals surface area contributed by atoms with Crippen LogP contribution in [-0.2, 0) is 4.79 Å². The summed E-state index contributed by atoms with van der Waals surface area (Å²) in [6.45, 7) is 0. The number of nitrogens with one attached hydrogen (secondary N) is 1. The highest BCUT2D eigenvalue weighted by Crippen LogP contribution is 2.15. The van der Waals surface area contributed by atoms with Crippen molar-refractivity contribution >= 4 is 23.6 Å². The van der Waals surface area contributed by atoms with Crippen molar-refractivity contribution in [1.82, 2.24) is 0 Å². The topological polar surface area (TPSA) is 66.4 Å². The Balaban J connectivity index is 2.13. The van der Waals surface area contributed by atoms with Gasteiger partial charge in [0.05, 0.1) is 11.3 Å². The third-order valence-electron chi connectivity index (χ3n) is 2.73. The molecule has 21 heavy (non-hydrogen) atoms. The van der Waals surface area contributed by atoms with E-state index in [1.54, 1.807) is 24.3 Å². The van der Waals surface area contributed by atoms with E-state index in [4.69, 9.17) is 5.11 Å². The van der Waals surface area contributed by atoms with Crippen molar-refractivity contribution in [2.24, 2.45) is 0 Å².